The Hall–Kier alpha value is -1.63. The van der Waals surface area contributed by atoms with Gasteiger partial charge in [-0.05, 0) is 12.0 Å². The number of rotatable bonds is 3. The molecule has 14 heavy (non-hydrogen) atoms. The Bertz CT molecular complexity index is 340. The SMILES string of the molecule is CC(C)CN(C)c1ccnc(C#N)n1. The second-order valence-electron chi connectivity index (χ2n) is 3.62. The molecular weight excluding hydrogens is 176 g/mol. The molecule has 0 atom stereocenters. The lowest BCUT2D eigenvalue weighted by Crippen LogP contribution is -2.23. The smallest absolute Gasteiger partial charge is 0.234 e. The van der Waals surface area contributed by atoms with Gasteiger partial charge in [0.15, 0.2) is 0 Å². The van der Waals surface area contributed by atoms with Crippen molar-refractivity contribution < 1.29 is 0 Å². The van der Waals surface area contributed by atoms with Gasteiger partial charge in [-0.25, -0.2) is 9.97 Å². The summed E-state index contributed by atoms with van der Waals surface area (Å²) in [6, 6.07) is 3.74. The molecule has 0 saturated carbocycles. The third-order valence-electron chi connectivity index (χ3n) is 1.77. The molecular formula is C10H14N4. The summed E-state index contributed by atoms with van der Waals surface area (Å²) in [5.74, 6) is 1.59. The molecule has 0 radical (unpaired) electrons. The van der Waals surface area contributed by atoms with Crippen molar-refractivity contribution in [3.05, 3.63) is 18.1 Å². The first-order valence-electron chi connectivity index (χ1n) is 4.57. The Kier molecular flexibility index (Phi) is 3.41. The second kappa shape index (κ2) is 4.56. The number of nitrogens with zero attached hydrogens (tertiary/aromatic N) is 4. The molecule has 0 aliphatic carbocycles. The normalized spacial score (nSPS) is 9.93. The maximum atomic E-state index is 8.63. The predicted molar refractivity (Wildman–Crippen MR) is 54.9 cm³/mol. The van der Waals surface area contributed by atoms with E-state index in [9.17, 15) is 0 Å². The minimum Gasteiger partial charge on any atom is -0.359 e. The largest absolute Gasteiger partial charge is 0.359 e. The summed E-state index contributed by atoms with van der Waals surface area (Å²) in [6.45, 7) is 5.20. The van der Waals surface area contributed by atoms with Crippen molar-refractivity contribution >= 4 is 5.82 Å². The van der Waals surface area contributed by atoms with E-state index >= 15 is 0 Å². The lowest BCUT2D eigenvalue weighted by Gasteiger charge is -2.19. The number of hydrogen-bond acceptors (Lipinski definition) is 4. The van der Waals surface area contributed by atoms with Gasteiger partial charge in [0.05, 0.1) is 0 Å². The summed E-state index contributed by atoms with van der Waals surface area (Å²) in [5.41, 5.74) is 0. The van der Waals surface area contributed by atoms with Crippen LogP contribution in [0, 0.1) is 17.2 Å². The minimum atomic E-state index is 0.220. The molecule has 0 bridgehead atoms. The summed E-state index contributed by atoms with van der Waals surface area (Å²) in [5, 5.41) is 8.63. The van der Waals surface area contributed by atoms with Crippen molar-refractivity contribution in [3.63, 3.8) is 0 Å². The molecule has 4 nitrogen and oxygen atoms in total. The van der Waals surface area contributed by atoms with Gasteiger partial charge in [-0.1, -0.05) is 13.8 Å². The molecule has 0 unspecified atom stereocenters. The highest BCUT2D eigenvalue weighted by molar-refractivity contribution is 5.37. The lowest BCUT2D eigenvalue weighted by atomic mass is 10.2. The summed E-state index contributed by atoms with van der Waals surface area (Å²) >= 11 is 0. The molecule has 0 aliphatic rings. The summed E-state index contributed by atoms with van der Waals surface area (Å²) in [7, 11) is 1.96. The number of hydrogen-bond donors (Lipinski definition) is 0. The maximum Gasteiger partial charge on any atom is 0.234 e. The molecule has 0 amide bonds. The molecule has 0 spiro atoms. The third kappa shape index (κ3) is 2.70. The molecule has 1 aromatic heterocycles. The molecule has 74 valence electrons. The second-order valence-corrected chi connectivity index (χ2v) is 3.62. The number of anilines is 1. The molecule has 0 fully saturated rings. The van der Waals surface area contributed by atoms with Crippen LogP contribution < -0.4 is 4.90 Å². The first-order valence-corrected chi connectivity index (χ1v) is 4.57. The molecule has 0 aliphatic heterocycles. The van der Waals surface area contributed by atoms with Crippen molar-refractivity contribution in [1.82, 2.24) is 9.97 Å². The first kappa shape index (κ1) is 10.5. The van der Waals surface area contributed by atoms with E-state index in [1.807, 2.05) is 24.1 Å². The standard InChI is InChI=1S/C10H14N4/c1-8(2)7-14(3)10-4-5-12-9(6-11)13-10/h4-5,8H,7H2,1-3H3. The van der Waals surface area contributed by atoms with Crippen LogP contribution in [0.1, 0.15) is 19.7 Å². The highest BCUT2D eigenvalue weighted by Gasteiger charge is 2.05. The summed E-state index contributed by atoms with van der Waals surface area (Å²) in [6.07, 6.45) is 1.61. The van der Waals surface area contributed by atoms with E-state index in [0.29, 0.717) is 5.92 Å². The number of nitriles is 1. The summed E-state index contributed by atoms with van der Waals surface area (Å²) < 4.78 is 0. The van der Waals surface area contributed by atoms with Crippen LogP contribution in [-0.2, 0) is 0 Å². The van der Waals surface area contributed by atoms with E-state index in [1.54, 1.807) is 6.20 Å². The van der Waals surface area contributed by atoms with E-state index in [2.05, 4.69) is 23.8 Å². The van der Waals surface area contributed by atoms with Crippen molar-refractivity contribution in [1.29, 1.82) is 5.26 Å². The van der Waals surface area contributed by atoms with Crippen LogP contribution in [0.5, 0.6) is 0 Å². The van der Waals surface area contributed by atoms with Crippen LogP contribution in [0.15, 0.2) is 12.3 Å². The Balaban J connectivity index is 2.80. The van der Waals surface area contributed by atoms with E-state index in [0.717, 1.165) is 12.4 Å². The van der Waals surface area contributed by atoms with E-state index in [-0.39, 0.29) is 5.82 Å². The zero-order valence-electron chi connectivity index (χ0n) is 8.73. The lowest BCUT2D eigenvalue weighted by molar-refractivity contribution is 0.634. The van der Waals surface area contributed by atoms with Crippen LogP contribution in [0.25, 0.3) is 0 Å². The molecule has 1 rings (SSSR count). The zero-order valence-corrected chi connectivity index (χ0v) is 8.73. The number of aromatic nitrogens is 2. The van der Waals surface area contributed by atoms with Gasteiger partial charge < -0.3 is 4.90 Å². The fraction of sp³-hybridized carbons (Fsp3) is 0.500. The van der Waals surface area contributed by atoms with Crippen LogP contribution in [0.4, 0.5) is 5.82 Å². The molecule has 0 aromatic carbocycles. The molecule has 0 saturated heterocycles. The highest BCUT2D eigenvalue weighted by Crippen LogP contribution is 2.09. The molecule has 1 heterocycles. The van der Waals surface area contributed by atoms with Gasteiger partial charge in [-0.15, -0.1) is 0 Å². The maximum absolute atomic E-state index is 8.63. The minimum absolute atomic E-state index is 0.220. The molecule has 1 aromatic rings. The predicted octanol–water partition coefficient (Wildman–Crippen LogP) is 1.44. The van der Waals surface area contributed by atoms with Crippen LogP contribution in [0.2, 0.25) is 0 Å². The molecule has 0 N–H and O–H groups in total. The fourth-order valence-corrected chi connectivity index (χ4v) is 1.26. The fourth-order valence-electron chi connectivity index (χ4n) is 1.26. The third-order valence-corrected chi connectivity index (χ3v) is 1.77. The van der Waals surface area contributed by atoms with Crippen molar-refractivity contribution in [2.24, 2.45) is 5.92 Å². The van der Waals surface area contributed by atoms with Gasteiger partial charge in [0.25, 0.3) is 0 Å². The quantitative estimate of drug-likeness (QED) is 0.723. The van der Waals surface area contributed by atoms with Crippen molar-refractivity contribution in [2.75, 3.05) is 18.5 Å². The Morgan fingerprint density at radius 3 is 2.86 bits per heavy atom. The van der Waals surface area contributed by atoms with Crippen LogP contribution in [0.3, 0.4) is 0 Å². The van der Waals surface area contributed by atoms with Crippen LogP contribution in [-0.4, -0.2) is 23.6 Å². The van der Waals surface area contributed by atoms with Gasteiger partial charge in [0.1, 0.15) is 11.9 Å². The zero-order chi connectivity index (χ0) is 10.6. The average Bonchev–Trinajstić information content (AvgIpc) is 2.17. The van der Waals surface area contributed by atoms with Gasteiger partial charge in [0.2, 0.25) is 5.82 Å². The van der Waals surface area contributed by atoms with Crippen molar-refractivity contribution in [2.45, 2.75) is 13.8 Å². The average molecular weight is 190 g/mol. The van der Waals surface area contributed by atoms with E-state index < -0.39 is 0 Å². The first-order chi connectivity index (χ1) is 6.63. The Labute approximate surface area is 84.2 Å². The monoisotopic (exact) mass is 190 g/mol. The Morgan fingerprint density at radius 1 is 1.57 bits per heavy atom. The van der Waals surface area contributed by atoms with E-state index in [1.165, 1.54) is 0 Å². The molecule has 4 heteroatoms. The Morgan fingerprint density at radius 2 is 2.29 bits per heavy atom. The van der Waals surface area contributed by atoms with Gasteiger partial charge in [-0.2, -0.15) is 5.26 Å². The van der Waals surface area contributed by atoms with Crippen molar-refractivity contribution in [3.8, 4) is 6.07 Å². The topological polar surface area (TPSA) is 52.8 Å². The van der Waals surface area contributed by atoms with Gasteiger partial charge in [-0.3, -0.25) is 0 Å². The van der Waals surface area contributed by atoms with Gasteiger partial charge in [0, 0.05) is 19.8 Å². The summed E-state index contributed by atoms with van der Waals surface area (Å²) in [4.78, 5) is 9.94. The van der Waals surface area contributed by atoms with Gasteiger partial charge >= 0.3 is 0 Å². The van der Waals surface area contributed by atoms with E-state index in [4.69, 9.17) is 5.26 Å². The highest BCUT2D eigenvalue weighted by atomic mass is 15.2. The van der Waals surface area contributed by atoms with Crippen LogP contribution >= 0.6 is 0 Å².